The van der Waals surface area contributed by atoms with E-state index in [1.165, 1.54) is 11.0 Å². The van der Waals surface area contributed by atoms with E-state index in [4.69, 9.17) is 5.73 Å². The van der Waals surface area contributed by atoms with Gasteiger partial charge < -0.3 is 16.0 Å². The van der Waals surface area contributed by atoms with Gasteiger partial charge in [-0.1, -0.05) is 12.1 Å². The van der Waals surface area contributed by atoms with Crippen molar-refractivity contribution in [2.24, 2.45) is 0 Å². The number of hydrogen-bond donors (Lipinski definition) is 2. The lowest BCUT2D eigenvalue weighted by atomic mass is 10.1. The number of halogens is 1. The Bertz CT molecular complexity index is 641. The fourth-order valence-electron chi connectivity index (χ4n) is 1.80. The van der Waals surface area contributed by atoms with Crippen LogP contribution in [0.5, 0.6) is 0 Å². The normalized spacial score (nSPS) is 10.2. The molecule has 0 aromatic heterocycles. The SMILES string of the molecule is CN(C)C(=O)c1ccc(N)cc1Nc1ccccc1F. The molecule has 104 valence electrons. The Morgan fingerprint density at radius 2 is 1.85 bits per heavy atom. The molecule has 3 N–H and O–H groups in total. The molecule has 0 saturated carbocycles. The van der Waals surface area contributed by atoms with Crippen molar-refractivity contribution in [3.05, 3.63) is 53.8 Å². The zero-order chi connectivity index (χ0) is 14.7. The molecule has 5 heteroatoms. The third-order valence-corrected chi connectivity index (χ3v) is 2.82. The summed E-state index contributed by atoms with van der Waals surface area (Å²) in [6.45, 7) is 0. The average molecular weight is 273 g/mol. The number of benzene rings is 2. The molecule has 0 atom stereocenters. The molecule has 0 aliphatic carbocycles. The van der Waals surface area contributed by atoms with Crippen molar-refractivity contribution in [1.29, 1.82) is 0 Å². The van der Waals surface area contributed by atoms with Gasteiger partial charge in [0.05, 0.1) is 16.9 Å². The second-order valence-electron chi connectivity index (χ2n) is 4.61. The molecule has 0 bridgehead atoms. The van der Waals surface area contributed by atoms with E-state index in [0.29, 0.717) is 22.6 Å². The van der Waals surface area contributed by atoms with Crippen LogP contribution in [0.25, 0.3) is 0 Å². The monoisotopic (exact) mass is 273 g/mol. The largest absolute Gasteiger partial charge is 0.399 e. The van der Waals surface area contributed by atoms with Crippen LogP contribution in [0, 0.1) is 5.82 Å². The Morgan fingerprint density at radius 3 is 2.50 bits per heavy atom. The summed E-state index contributed by atoms with van der Waals surface area (Å²) < 4.78 is 13.7. The van der Waals surface area contributed by atoms with Gasteiger partial charge in [0.15, 0.2) is 0 Å². The molecule has 1 amide bonds. The third-order valence-electron chi connectivity index (χ3n) is 2.82. The van der Waals surface area contributed by atoms with Crippen LogP contribution < -0.4 is 11.1 Å². The van der Waals surface area contributed by atoms with E-state index in [-0.39, 0.29) is 5.91 Å². The Labute approximate surface area is 117 Å². The van der Waals surface area contributed by atoms with Gasteiger partial charge in [-0.15, -0.1) is 0 Å². The summed E-state index contributed by atoms with van der Waals surface area (Å²) in [5.74, 6) is -0.568. The molecule has 2 aromatic rings. The molecule has 0 spiro atoms. The van der Waals surface area contributed by atoms with Crippen LogP contribution >= 0.6 is 0 Å². The maximum Gasteiger partial charge on any atom is 0.255 e. The van der Waals surface area contributed by atoms with E-state index in [0.717, 1.165) is 0 Å². The van der Waals surface area contributed by atoms with Gasteiger partial charge >= 0.3 is 0 Å². The molecule has 0 heterocycles. The summed E-state index contributed by atoms with van der Waals surface area (Å²) in [6, 6.07) is 11.1. The predicted molar refractivity (Wildman–Crippen MR) is 78.6 cm³/mol. The van der Waals surface area contributed by atoms with E-state index in [1.54, 1.807) is 50.5 Å². The van der Waals surface area contributed by atoms with Gasteiger partial charge in [-0.25, -0.2) is 4.39 Å². The quantitative estimate of drug-likeness (QED) is 0.845. The van der Waals surface area contributed by atoms with Gasteiger partial charge in [0.25, 0.3) is 5.91 Å². The van der Waals surface area contributed by atoms with E-state index in [2.05, 4.69) is 5.32 Å². The third kappa shape index (κ3) is 2.88. The second kappa shape index (κ2) is 5.61. The first-order valence-electron chi connectivity index (χ1n) is 6.12. The summed E-state index contributed by atoms with van der Waals surface area (Å²) in [6.07, 6.45) is 0. The molecule has 0 saturated heterocycles. The van der Waals surface area contributed by atoms with Crippen LogP contribution in [0.4, 0.5) is 21.5 Å². The van der Waals surface area contributed by atoms with Gasteiger partial charge in [-0.05, 0) is 30.3 Å². The van der Waals surface area contributed by atoms with E-state index in [9.17, 15) is 9.18 Å². The fraction of sp³-hybridized carbons (Fsp3) is 0.133. The average Bonchev–Trinajstić information content (AvgIpc) is 2.41. The van der Waals surface area contributed by atoms with Crippen molar-refractivity contribution >= 4 is 23.0 Å². The molecule has 0 aliphatic rings. The van der Waals surface area contributed by atoms with Gasteiger partial charge in [-0.3, -0.25) is 4.79 Å². The number of para-hydroxylation sites is 1. The topological polar surface area (TPSA) is 58.4 Å². The highest BCUT2D eigenvalue weighted by molar-refractivity contribution is 6.00. The highest BCUT2D eigenvalue weighted by atomic mass is 19.1. The number of carbonyl (C=O) groups is 1. The Morgan fingerprint density at radius 1 is 1.15 bits per heavy atom. The van der Waals surface area contributed by atoms with Crippen LogP contribution in [-0.4, -0.2) is 24.9 Å². The minimum absolute atomic E-state index is 0.177. The molecule has 20 heavy (non-hydrogen) atoms. The molecule has 0 radical (unpaired) electrons. The van der Waals surface area contributed by atoms with Crippen molar-refractivity contribution in [3.8, 4) is 0 Å². The van der Waals surface area contributed by atoms with Gasteiger partial charge in [0.1, 0.15) is 5.82 Å². The standard InChI is InChI=1S/C15H16FN3O/c1-19(2)15(20)11-8-7-10(17)9-14(11)18-13-6-4-3-5-12(13)16/h3-9,18H,17H2,1-2H3. The number of carbonyl (C=O) groups excluding carboxylic acids is 1. The molecular formula is C15H16FN3O. The minimum Gasteiger partial charge on any atom is -0.399 e. The van der Waals surface area contributed by atoms with Crippen molar-refractivity contribution in [1.82, 2.24) is 4.90 Å². The maximum absolute atomic E-state index is 13.7. The molecule has 4 nitrogen and oxygen atoms in total. The van der Waals surface area contributed by atoms with Gasteiger partial charge in [0.2, 0.25) is 0 Å². The molecule has 2 rings (SSSR count). The molecule has 0 aliphatic heterocycles. The van der Waals surface area contributed by atoms with Crippen molar-refractivity contribution in [2.45, 2.75) is 0 Å². The summed E-state index contributed by atoms with van der Waals surface area (Å²) in [4.78, 5) is 13.6. The van der Waals surface area contributed by atoms with Crippen LogP contribution in [0.1, 0.15) is 10.4 Å². The predicted octanol–water partition coefficient (Wildman–Crippen LogP) is 2.85. The van der Waals surface area contributed by atoms with Crippen LogP contribution in [-0.2, 0) is 0 Å². The first kappa shape index (κ1) is 13.9. The molecule has 0 fully saturated rings. The van der Waals surface area contributed by atoms with E-state index < -0.39 is 5.82 Å². The van der Waals surface area contributed by atoms with Gasteiger partial charge in [0, 0.05) is 19.8 Å². The fourth-order valence-corrected chi connectivity index (χ4v) is 1.80. The van der Waals surface area contributed by atoms with Crippen LogP contribution in [0.15, 0.2) is 42.5 Å². The van der Waals surface area contributed by atoms with Crippen LogP contribution in [0.2, 0.25) is 0 Å². The van der Waals surface area contributed by atoms with Crippen molar-refractivity contribution in [2.75, 3.05) is 25.1 Å². The number of hydrogen-bond acceptors (Lipinski definition) is 3. The number of nitrogens with zero attached hydrogens (tertiary/aromatic N) is 1. The number of amides is 1. The first-order valence-corrected chi connectivity index (χ1v) is 6.12. The first-order chi connectivity index (χ1) is 9.49. The zero-order valence-corrected chi connectivity index (χ0v) is 11.4. The minimum atomic E-state index is -0.391. The Kier molecular flexibility index (Phi) is 3.89. The van der Waals surface area contributed by atoms with E-state index >= 15 is 0 Å². The summed E-state index contributed by atoms with van der Waals surface area (Å²) in [5, 5.41) is 2.91. The van der Waals surface area contributed by atoms with Crippen LogP contribution in [0.3, 0.4) is 0 Å². The Hall–Kier alpha value is -2.56. The van der Waals surface area contributed by atoms with Crippen molar-refractivity contribution < 1.29 is 9.18 Å². The maximum atomic E-state index is 13.7. The number of nitrogens with two attached hydrogens (primary N) is 1. The molecular weight excluding hydrogens is 257 g/mol. The number of rotatable bonds is 3. The van der Waals surface area contributed by atoms with Gasteiger partial charge in [-0.2, -0.15) is 0 Å². The highest BCUT2D eigenvalue weighted by Gasteiger charge is 2.14. The lowest BCUT2D eigenvalue weighted by Crippen LogP contribution is -2.22. The molecule has 2 aromatic carbocycles. The second-order valence-corrected chi connectivity index (χ2v) is 4.61. The van der Waals surface area contributed by atoms with E-state index in [1.807, 2.05) is 0 Å². The summed E-state index contributed by atoms with van der Waals surface area (Å²) in [7, 11) is 3.32. The van der Waals surface area contributed by atoms with Crippen molar-refractivity contribution in [3.63, 3.8) is 0 Å². The molecule has 0 unspecified atom stereocenters. The smallest absolute Gasteiger partial charge is 0.255 e. The lowest BCUT2D eigenvalue weighted by molar-refractivity contribution is 0.0828. The number of nitrogens with one attached hydrogen (secondary N) is 1. The lowest BCUT2D eigenvalue weighted by Gasteiger charge is -2.16. The zero-order valence-electron chi connectivity index (χ0n) is 11.4. The summed E-state index contributed by atoms with van der Waals surface area (Å²) in [5.41, 5.74) is 7.45. The Balaban J connectivity index is 2.43. The summed E-state index contributed by atoms with van der Waals surface area (Å²) >= 11 is 0. The number of nitrogen functional groups attached to an aromatic ring is 1. The highest BCUT2D eigenvalue weighted by Crippen LogP contribution is 2.25. The number of anilines is 3.